The molecule has 1 rings (SSSR count). The summed E-state index contributed by atoms with van der Waals surface area (Å²) in [6.07, 6.45) is 1.94. The largest absolute Gasteiger partial charge is 0.444 e. The van der Waals surface area contributed by atoms with Crippen molar-refractivity contribution in [3.63, 3.8) is 0 Å². The van der Waals surface area contributed by atoms with Gasteiger partial charge in [0.15, 0.2) is 0 Å². The smallest absolute Gasteiger partial charge is 0.410 e. The van der Waals surface area contributed by atoms with Crippen molar-refractivity contribution >= 4 is 6.09 Å². The first kappa shape index (κ1) is 14.3. The van der Waals surface area contributed by atoms with Crippen LogP contribution in [0.1, 0.15) is 40.5 Å². The minimum atomic E-state index is -0.397. The van der Waals surface area contributed by atoms with Gasteiger partial charge < -0.3 is 15.0 Å². The van der Waals surface area contributed by atoms with Crippen LogP contribution in [0, 0.1) is 5.92 Å². The van der Waals surface area contributed by atoms with E-state index >= 15 is 0 Å². The Kier molecular flexibility index (Phi) is 4.80. The summed E-state index contributed by atoms with van der Waals surface area (Å²) in [6, 6.07) is 0.524. The minimum absolute atomic E-state index is 0.173. The van der Waals surface area contributed by atoms with Crippen molar-refractivity contribution in [1.82, 2.24) is 10.2 Å². The Balaban J connectivity index is 2.39. The first-order valence-corrected chi connectivity index (χ1v) is 6.48. The highest BCUT2D eigenvalue weighted by Gasteiger charge is 2.28. The van der Waals surface area contributed by atoms with Gasteiger partial charge in [0.05, 0.1) is 0 Å². The summed E-state index contributed by atoms with van der Waals surface area (Å²) in [4.78, 5) is 13.7. The molecule has 0 unspecified atom stereocenters. The molecule has 1 fully saturated rings. The van der Waals surface area contributed by atoms with Gasteiger partial charge in [0.1, 0.15) is 5.60 Å². The van der Waals surface area contributed by atoms with E-state index in [4.69, 9.17) is 4.74 Å². The zero-order chi connectivity index (χ0) is 13.1. The monoisotopic (exact) mass is 242 g/mol. The fraction of sp³-hybridized carbons (Fsp3) is 0.923. The summed E-state index contributed by atoms with van der Waals surface area (Å²) in [5, 5.41) is 3.28. The van der Waals surface area contributed by atoms with Gasteiger partial charge in [-0.25, -0.2) is 4.79 Å². The molecule has 0 aromatic rings. The summed E-state index contributed by atoms with van der Waals surface area (Å²) in [5.41, 5.74) is -0.397. The number of amides is 1. The Morgan fingerprint density at radius 3 is 2.29 bits per heavy atom. The van der Waals surface area contributed by atoms with Crippen molar-refractivity contribution in [2.24, 2.45) is 5.92 Å². The Bertz CT molecular complexity index is 253. The molecule has 1 aliphatic rings. The van der Waals surface area contributed by atoms with Gasteiger partial charge in [-0.1, -0.05) is 0 Å². The lowest BCUT2D eigenvalue weighted by Crippen LogP contribution is -2.45. The van der Waals surface area contributed by atoms with Gasteiger partial charge in [0, 0.05) is 19.1 Å². The molecule has 1 N–H and O–H groups in total. The molecule has 0 spiro atoms. The van der Waals surface area contributed by atoms with E-state index in [1.807, 2.05) is 32.7 Å². The molecule has 1 amide bonds. The molecule has 0 aliphatic carbocycles. The van der Waals surface area contributed by atoms with Gasteiger partial charge in [-0.05, 0) is 53.5 Å². The molecule has 17 heavy (non-hydrogen) atoms. The number of nitrogens with zero attached hydrogens (tertiary/aromatic N) is 1. The lowest BCUT2D eigenvalue weighted by molar-refractivity contribution is 0.0173. The van der Waals surface area contributed by atoms with E-state index < -0.39 is 5.60 Å². The predicted molar refractivity (Wildman–Crippen MR) is 69.1 cm³/mol. The first-order valence-electron chi connectivity index (χ1n) is 6.48. The van der Waals surface area contributed by atoms with Crippen LogP contribution >= 0.6 is 0 Å². The van der Waals surface area contributed by atoms with Gasteiger partial charge in [-0.15, -0.1) is 0 Å². The van der Waals surface area contributed by atoms with Crippen molar-refractivity contribution in [3.05, 3.63) is 0 Å². The lowest BCUT2D eigenvalue weighted by atomic mass is 9.90. The van der Waals surface area contributed by atoms with Crippen LogP contribution in [0.5, 0.6) is 0 Å². The van der Waals surface area contributed by atoms with Gasteiger partial charge in [0.25, 0.3) is 0 Å². The normalized spacial score (nSPS) is 20.2. The van der Waals surface area contributed by atoms with Crippen molar-refractivity contribution in [1.29, 1.82) is 0 Å². The highest BCUT2D eigenvalue weighted by Crippen LogP contribution is 2.22. The molecular formula is C13H26N2O2. The molecule has 4 nitrogen and oxygen atoms in total. The fourth-order valence-corrected chi connectivity index (χ4v) is 2.14. The maximum Gasteiger partial charge on any atom is 0.410 e. The number of hydrogen-bond donors (Lipinski definition) is 1. The molecule has 0 aromatic heterocycles. The average Bonchev–Trinajstić information content (AvgIpc) is 2.26. The van der Waals surface area contributed by atoms with E-state index in [-0.39, 0.29) is 6.09 Å². The third-order valence-electron chi connectivity index (χ3n) is 3.35. The molecule has 1 aliphatic heterocycles. The van der Waals surface area contributed by atoms with Crippen LogP contribution in [0.2, 0.25) is 0 Å². The van der Waals surface area contributed by atoms with E-state index in [1.54, 1.807) is 0 Å². The number of carbonyl (C=O) groups excluding carboxylic acids is 1. The second-order valence-corrected chi connectivity index (χ2v) is 5.88. The van der Waals surface area contributed by atoms with E-state index in [2.05, 4.69) is 12.2 Å². The second kappa shape index (κ2) is 5.71. The SMILES string of the molecule is CN[C@@H](C)C1CCN(C(=O)OC(C)(C)C)CC1. The molecule has 0 radical (unpaired) electrons. The molecule has 1 heterocycles. The number of hydrogen-bond acceptors (Lipinski definition) is 3. The number of likely N-dealkylation sites (tertiary alicyclic amines) is 1. The molecule has 0 bridgehead atoms. The van der Waals surface area contributed by atoms with Gasteiger partial charge in [0.2, 0.25) is 0 Å². The van der Waals surface area contributed by atoms with Gasteiger partial charge >= 0.3 is 6.09 Å². The number of ether oxygens (including phenoxy) is 1. The van der Waals surface area contributed by atoms with E-state index in [1.165, 1.54) is 0 Å². The topological polar surface area (TPSA) is 41.6 Å². The van der Waals surface area contributed by atoms with Crippen molar-refractivity contribution in [2.75, 3.05) is 20.1 Å². The summed E-state index contributed by atoms with van der Waals surface area (Å²) >= 11 is 0. The van der Waals surface area contributed by atoms with Crippen LogP contribution in [0.3, 0.4) is 0 Å². The van der Waals surface area contributed by atoms with Gasteiger partial charge in [-0.3, -0.25) is 0 Å². The summed E-state index contributed by atoms with van der Waals surface area (Å²) < 4.78 is 5.37. The second-order valence-electron chi connectivity index (χ2n) is 5.88. The molecule has 4 heteroatoms. The molecule has 0 aromatic carbocycles. The molecular weight excluding hydrogens is 216 g/mol. The van der Waals surface area contributed by atoms with Crippen LogP contribution < -0.4 is 5.32 Å². The van der Waals surface area contributed by atoms with Crippen LogP contribution in [0.4, 0.5) is 4.79 Å². The van der Waals surface area contributed by atoms with Gasteiger partial charge in [-0.2, -0.15) is 0 Å². The van der Waals surface area contributed by atoms with Crippen LogP contribution in [-0.4, -0.2) is 42.8 Å². The van der Waals surface area contributed by atoms with Crippen molar-refractivity contribution in [2.45, 2.75) is 52.2 Å². The highest BCUT2D eigenvalue weighted by atomic mass is 16.6. The van der Waals surface area contributed by atoms with E-state index in [0.717, 1.165) is 25.9 Å². The molecule has 0 saturated carbocycles. The first-order chi connectivity index (χ1) is 7.83. The standard InChI is InChI=1S/C13H26N2O2/c1-10(14-5)11-6-8-15(9-7-11)12(16)17-13(2,3)4/h10-11,14H,6-9H2,1-5H3/t10-/m0/s1. The number of carbonyl (C=O) groups is 1. The lowest BCUT2D eigenvalue weighted by Gasteiger charge is -2.35. The maximum absolute atomic E-state index is 11.8. The Morgan fingerprint density at radius 2 is 1.88 bits per heavy atom. The zero-order valence-electron chi connectivity index (χ0n) is 11.7. The van der Waals surface area contributed by atoms with E-state index in [9.17, 15) is 4.79 Å². The quantitative estimate of drug-likeness (QED) is 0.807. The minimum Gasteiger partial charge on any atom is -0.444 e. The zero-order valence-corrected chi connectivity index (χ0v) is 11.7. The third-order valence-corrected chi connectivity index (χ3v) is 3.35. The average molecular weight is 242 g/mol. The molecule has 1 saturated heterocycles. The third kappa shape index (κ3) is 4.54. The Hall–Kier alpha value is -0.770. The number of piperidine rings is 1. The molecule has 100 valence electrons. The molecule has 1 atom stereocenters. The summed E-state index contributed by atoms with van der Waals surface area (Å²) in [6.45, 7) is 9.53. The fourth-order valence-electron chi connectivity index (χ4n) is 2.14. The van der Waals surface area contributed by atoms with Crippen molar-refractivity contribution < 1.29 is 9.53 Å². The maximum atomic E-state index is 11.8. The van der Waals surface area contributed by atoms with Crippen molar-refractivity contribution in [3.8, 4) is 0 Å². The van der Waals surface area contributed by atoms with E-state index in [0.29, 0.717) is 12.0 Å². The van der Waals surface area contributed by atoms with Crippen LogP contribution in [0.25, 0.3) is 0 Å². The Morgan fingerprint density at radius 1 is 1.35 bits per heavy atom. The number of rotatable bonds is 2. The predicted octanol–water partition coefficient (Wildman–Crippen LogP) is 2.24. The summed E-state index contributed by atoms with van der Waals surface area (Å²) in [5.74, 6) is 0.665. The number of nitrogens with one attached hydrogen (secondary N) is 1. The summed E-state index contributed by atoms with van der Waals surface area (Å²) in [7, 11) is 1.99. The highest BCUT2D eigenvalue weighted by molar-refractivity contribution is 5.68. The van der Waals surface area contributed by atoms with Crippen LogP contribution in [-0.2, 0) is 4.74 Å². The Labute approximate surface area is 105 Å². The van der Waals surface area contributed by atoms with Crippen LogP contribution in [0.15, 0.2) is 0 Å².